The van der Waals surface area contributed by atoms with Gasteiger partial charge in [-0.3, -0.25) is 10.1 Å². The minimum Gasteiger partial charge on any atom is -0.497 e. The van der Waals surface area contributed by atoms with Crippen molar-refractivity contribution in [3.63, 3.8) is 0 Å². The lowest BCUT2D eigenvalue weighted by Crippen LogP contribution is -2.32. The summed E-state index contributed by atoms with van der Waals surface area (Å²) in [6.07, 6.45) is 2.01. The monoisotopic (exact) mass is 349 g/mol. The summed E-state index contributed by atoms with van der Waals surface area (Å²) < 4.78 is 10.3. The van der Waals surface area contributed by atoms with Crippen molar-refractivity contribution in [3.8, 4) is 5.75 Å². The highest BCUT2D eigenvalue weighted by Crippen LogP contribution is 2.11. The fourth-order valence-electron chi connectivity index (χ4n) is 2.46. The van der Waals surface area contributed by atoms with Gasteiger partial charge in [0.25, 0.3) is 11.9 Å². The number of aliphatic imine (C=N–C) groups is 1. The minimum absolute atomic E-state index is 0.0849. The third-order valence-corrected chi connectivity index (χ3v) is 4.09. The Labute approximate surface area is 151 Å². The number of hydrogen-bond acceptors (Lipinski definition) is 5. The van der Waals surface area contributed by atoms with Gasteiger partial charge in [-0.25, -0.2) is 4.99 Å². The maximum atomic E-state index is 12.3. The fourth-order valence-corrected chi connectivity index (χ4v) is 2.46. The largest absolute Gasteiger partial charge is 0.497 e. The quantitative estimate of drug-likeness (QED) is 0.550. The van der Waals surface area contributed by atoms with E-state index in [4.69, 9.17) is 9.47 Å². The third kappa shape index (κ3) is 7.56. The molecule has 0 fully saturated rings. The molecule has 0 saturated carbocycles. The predicted octanol–water partition coefficient (Wildman–Crippen LogP) is 2.94. The van der Waals surface area contributed by atoms with E-state index in [1.807, 2.05) is 6.92 Å². The second-order valence-electron chi connectivity index (χ2n) is 5.84. The number of carbonyl (C=O) groups excluding carboxylic acids is 1. The van der Waals surface area contributed by atoms with Crippen molar-refractivity contribution in [3.05, 3.63) is 29.8 Å². The zero-order valence-corrected chi connectivity index (χ0v) is 16.0. The molecule has 1 aromatic carbocycles. The Hall–Kier alpha value is -2.08. The van der Waals surface area contributed by atoms with E-state index in [0.717, 1.165) is 32.5 Å². The molecule has 1 rings (SSSR count). The lowest BCUT2D eigenvalue weighted by Gasteiger charge is -2.18. The molecule has 0 aliphatic carbocycles. The Morgan fingerprint density at radius 1 is 1.20 bits per heavy atom. The number of methoxy groups -OCH3 is 2. The lowest BCUT2D eigenvalue weighted by atomic mass is 10.2. The van der Waals surface area contributed by atoms with Gasteiger partial charge in [0, 0.05) is 5.56 Å². The van der Waals surface area contributed by atoms with Gasteiger partial charge in [0.05, 0.1) is 20.3 Å². The Morgan fingerprint density at radius 2 is 1.84 bits per heavy atom. The summed E-state index contributed by atoms with van der Waals surface area (Å²) in [6.45, 7) is 9.56. The molecule has 0 spiro atoms. The van der Waals surface area contributed by atoms with Crippen LogP contribution >= 0.6 is 0 Å². The molecule has 1 aromatic rings. The molecule has 0 aliphatic rings. The Kier molecular flexibility index (Phi) is 9.62. The van der Waals surface area contributed by atoms with Crippen LogP contribution in [0.15, 0.2) is 29.3 Å². The van der Waals surface area contributed by atoms with Crippen LogP contribution in [0.2, 0.25) is 0 Å². The number of rotatable bonds is 9. The highest BCUT2D eigenvalue weighted by Gasteiger charge is 2.11. The average Bonchev–Trinajstić information content (AvgIpc) is 2.64. The SMILES string of the molecule is CCN(CC)CCCC(C)N=C(NC(=O)c1ccc(OC)cc1)OC. The molecule has 0 heterocycles. The molecule has 0 bridgehead atoms. The molecular formula is C19H31N3O3. The maximum Gasteiger partial charge on any atom is 0.291 e. The summed E-state index contributed by atoms with van der Waals surface area (Å²) in [6, 6.07) is 7.23. The zero-order chi connectivity index (χ0) is 18.7. The summed E-state index contributed by atoms with van der Waals surface area (Å²) in [4.78, 5) is 19.1. The first-order chi connectivity index (χ1) is 12.0. The predicted molar refractivity (Wildman–Crippen MR) is 101 cm³/mol. The summed E-state index contributed by atoms with van der Waals surface area (Å²) in [7, 11) is 3.10. The number of amides is 1. The topological polar surface area (TPSA) is 63.2 Å². The average molecular weight is 349 g/mol. The normalized spacial score (nSPS) is 12.8. The summed E-state index contributed by atoms with van der Waals surface area (Å²) in [5, 5.41) is 2.71. The first kappa shape index (κ1) is 21.0. The number of amidine groups is 1. The Morgan fingerprint density at radius 3 is 2.36 bits per heavy atom. The molecule has 25 heavy (non-hydrogen) atoms. The summed E-state index contributed by atoms with van der Waals surface area (Å²) in [5.41, 5.74) is 0.528. The zero-order valence-electron chi connectivity index (χ0n) is 16.0. The van der Waals surface area contributed by atoms with Gasteiger partial charge in [-0.2, -0.15) is 0 Å². The molecule has 1 atom stereocenters. The van der Waals surface area contributed by atoms with Crippen molar-refractivity contribution in [1.82, 2.24) is 10.2 Å². The smallest absolute Gasteiger partial charge is 0.291 e. The standard InChI is InChI=1S/C19H31N3O3/c1-6-22(7-2)14-8-9-15(3)20-19(25-5)21-18(23)16-10-12-17(24-4)13-11-16/h10-13,15H,6-9,14H2,1-5H3,(H,20,21,23). The maximum absolute atomic E-state index is 12.3. The van der Waals surface area contributed by atoms with Crippen LogP contribution < -0.4 is 10.1 Å². The van der Waals surface area contributed by atoms with Gasteiger partial charge in [-0.05, 0) is 63.7 Å². The lowest BCUT2D eigenvalue weighted by molar-refractivity contribution is 0.0968. The highest BCUT2D eigenvalue weighted by atomic mass is 16.5. The van der Waals surface area contributed by atoms with E-state index in [-0.39, 0.29) is 18.0 Å². The number of nitrogens with zero attached hydrogens (tertiary/aromatic N) is 2. The van der Waals surface area contributed by atoms with Gasteiger partial charge in [0.2, 0.25) is 0 Å². The molecule has 0 aromatic heterocycles. The summed E-state index contributed by atoms with van der Waals surface area (Å²) in [5.74, 6) is 0.456. The highest BCUT2D eigenvalue weighted by molar-refractivity contribution is 6.04. The molecular weight excluding hydrogens is 318 g/mol. The molecule has 0 saturated heterocycles. The van der Waals surface area contributed by atoms with Gasteiger partial charge in [0.15, 0.2) is 0 Å². The number of nitrogens with one attached hydrogen (secondary N) is 1. The van der Waals surface area contributed by atoms with Crippen molar-refractivity contribution in [2.75, 3.05) is 33.9 Å². The first-order valence-corrected chi connectivity index (χ1v) is 8.83. The van der Waals surface area contributed by atoms with E-state index in [2.05, 4.69) is 29.1 Å². The number of benzene rings is 1. The fraction of sp³-hybridized carbons (Fsp3) is 0.579. The van der Waals surface area contributed by atoms with E-state index in [1.54, 1.807) is 31.4 Å². The van der Waals surface area contributed by atoms with Gasteiger partial charge in [0.1, 0.15) is 5.75 Å². The number of ether oxygens (including phenoxy) is 2. The van der Waals surface area contributed by atoms with E-state index < -0.39 is 0 Å². The van der Waals surface area contributed by atoms with Crippen molar-refractivity contribution < 1.29 is 14.3 Å². The van der Waals surface area contributed by atoms with E-state index in [9.17, 15) is 4.79 Å². The van der Waals surface area contributed by atoms with Crippen LogP contribution in [-0.4, -0.2) is 56.7 Å². The van der Waals surface area contributed by atoms with Crippen molar-refractivity contribution in [1.29, 1.82) is 0 Å². The molecule has 140 valence electrons. The van der Waals surface area contributed by atoms with Crippen molar-refractivity contribution >= 4 is 11.9 Å². The van der Waals surface area contributed by atoms with Gasteiger partial charge >= 0.3 is 0 Å². The second kappa shape index (κ2) is 11.5. The van der Waals surface area contributed by atoms with Crippen LogP contribution in [-0.2, 0) is 4.74 Å². The summed E-state index contributed by atoms with van der Waals surface area (Å²) >= 11 is 0. The van der Waals surface area contributed by atoms with Crippen LogP contribution in [0.25, 0.3) is 0 Å². The van der Waals surface area contributed by atoms with E-state index in [1.165, 1.54) is 7.11 Å². The molecule has 1 amide bonds. The van der Waals surface area contributed by atoms with E-state index in [0.29, 0.717) is 11.3 Å². The van der Waals surface area contributed by atoms with Gasteiger partial charge in [-0.1, -0.05) is 13.8 Å². The van der Waals surface area contributed by atoms with Gasteiger partial charge < -0.3 is 14.4 Å². The van der Waals surface area contributed by atoms with Crippen LogP contribution in [0.1, 0.15) is 44.0 Å². The molecule has 1 N–H and O–H groups in total. The van der Waals surface area contributed by atoms with Crippen molar-refractivity contribution in [2.24, 2.45) is 4.99 Å². The Bertz CT molecular complexity index is 539. The number of hydrogen-bond donors (Lipinski definition) is 1. The van der Waals surface area contributed by atoms with Crippen LogP contribution in [0, 0.1) is 0 Å². The van der Waals surface area contributed by atoms with Crippen LogP contribution in [0.3, 0.4) is 0 Å². The third-order valence-electron chi connectivity index (χ3n) is 4.09. The first-order valence-electron chi connectivity index (χ1n) is 8.83. The molecule has 6 heteroatoms. The minimum atomic E-state index is -0.251. The molecule has 0 radical (unpaired) electrons. The van der Waals surface area contributed by atoms with E-state index >= 15 is 0 Å². The Balaban J connectivity index is 2.55. The number of carbonyl (C=O) groups is 1. The van der Waals surface area contributed by atoms with Crippen LogP contribution in [0.5, 0.6) is 5.75 Å². The molecule has 6 nitrogen and oxygen atoms in total. The molecule has 0 aliphatic heterocycles. The van der Waals surface area contributed by atoms with Gasteiger partial charge in [-0.15, -0.1) is 0 Å². The van der Waals surface area contributed by atoms with Crippen molar-refractivity contribution in [2.45, 2.75) is 39.7 Å². The van der Waals surface area contributed by atoms with Crippen LogP contribution in [0.4, 0.5) is 0 Å². The second-order valence-corrected chi connectivity index (χ2v) is 5.84. The molecule has 1 unspecified atom stereocenters.